The van der Waals surface area contributed by atoms with Crippen molar-refractivity contribution >= 4 is 11.8 Å². The highest BCUT2D eigenvalue weighted by molar-refractivity contribution is 7.99. The van der Waals surface area contributed by atoms with Crippen LogP contribution in [0.5, 0.6) is 0 Å². The van der Waals surface area contributed by atoms with E-state index in [1.54, 1.807) is 6.07 Å². The van der Waals surface area contributed by atoms with Crippen molar-refractivity contribution in [3.63, 3.8) is 0 Å². The molecule has 1 aliphatic rings. The highest BCUT2D eigenvalue weighted by atomic mass is 32.2. The molecule has 0 aromatic heterocycles. The SMILES string of the molecule is OC1Cc2c(F)cccc2Sc2ccccc21. The molecule has 0 saturated heterocycles. The van der Waals surface area contributed by atoms with Gasteiger partial charge in [-0.3, -0.25) is 0 Å². The molecular formula is C14H11FOS. The fourth-order valence-electron chi connectivity index (χ4n) is 2.10. The average molecular weight is 246 g/mol. The van der Waals surface area contributed by atoms with Crippen LogP contribution in [0, 0.1) is 5.82 Å². The molecule has 1 N–H and O–H groups in total. The van der Waals surface area contributed by atoms with E-state index in [2.05, 4.69) is 0 Å². The van der Waals surface area contributed by atoms with Crippen LogP contribution in [0.1, 0.15) is 17.2 Å². The van der Waals surface area contributed by atoms with Crippen LogP contribution in [-0.2, 0) is 6.42 Å². The Balaban J connectivity index is 2.17. The van der Waals surface area contributed by atoms with Crippen molar-refractivity contribution < 1.29 is 9.50 Å². The quantitative estimate of drug-likeness (QED) is 0.767. The van der Waals surface area contributed by atoms with Crippen molar-refractivity contribution in [3.05, 3.63) is 59.4 Å². The number of fused-ring (bicyclic) bond motifs is 2. The van der Waals surface area contributed by atoms with E-state index < -0.39 is 6.10 Å². The number of aliphatic hydroxyl groups excluding tert-OH is 1. The van der Waals surface area contributed by atoms with Crippen molar-refractivity contribution in [2.45, 2.75) is 22.3 Å². The maximum atomic E-state index is 13.7. The topological polar surface area (TPSA) is 20.2 Å². The number of aliphatic hydroxyl groups is 1. The second-order valence-electron chi connectivity index (χ2n) is 4.08. The van der Waals surface area contributed by atoms with E-state index in [1.807, 2.05) is 30.3 Å². The summed E-state index contributed by atoms with van der Waals surface area (Å²) in [5.41, 5.74) is 1.49. The zero-order valence-corrected chi connectivity index (χ0v) is 9.88. The lowest BCUT2D eigenvalue weighted by molar-refractivity contribution is 0.174. The Bertz CT molecular complexity index is 568. The minimum atomic E-state index is -0.628. The molecule has 3 rings (SSSR count). The van der Waals surface area contributed by atoms with Crippen molar-refractivity contribution in [2.75, 3.05) is 0 Å². The monoisotopic (exact) mass is 246 g/mol. The van der Waals surface area contributed by atoms with Crippen LogP contribution < -0.4 is 0 Å². The predicted octanol–water partition coefficient (Wildman–Crippen LogP) is 3.57. The van der Waals surface area contributed by atoms with Crippen molar-refractivity contribution in [1.29, 1.82) is 0 Å². The first kappa shape index (κ1) is 10.8. The Morgan fingerprint density at radius 3 is 2.71 bits per heavy atom. The first-order chi connectivity index (χ1) is 8.25. The van der Waals surface area contributed by atoms with Gasteiger partial charge in [-0.1, -0.05) is 36.0 Å². The molecule has 1 nitrogen and oxygen atoms in total. The fourth-order valence-corrected chi connectivity index (χ4v) is 3.26. The van der Waals surface area contributed by atoms with Gasteiger partial charge in [0.15, 0.2) is 0 Å². The van der Waals surface area contributed by atoms with Gasteiger partial charge in [0.05, 0.1) is 6.10 Å². The van der Waals surface area contributed by atoms with Gasteiger partial charge in [0.25, 0.3) is 0 Å². The van der Waals surface area contributed by atoms with E-state index in [0.717, 1.165) is 15.4 Å². The first-order valence-electron chi connectivity index (χ1n) is 5.48. The van der Waals surface area contributed by atoms with Gasteiger partial charge < -0.3 is 5.11 Å². The number of hydrogen-bond donors (Lipinski definition) is 1. The van der Waals surface area contributed by atoms with Crippen molar-refractivity contribution in [2.24, 2.45) is 0 Å². The normalized spacial score (nSPS) is 18.1. The highest BCUT2D eigenvalue weighted by Crippen LogP contribution is 2.41. The van der Waals surface area contributed by atoms with Crippen LogP contribution in [-0.4, -0.2) is 5.11 Å². The van der Waals surface area contributed by atoms with Crippen LogP contribution in [0.2, 0.25) is 0 Å². The molecule has 0 radical (unpaired) electrons. The molecule has 0 amide bonds. The molecule has 2 aromatic carbocycles. The zero-order chi connectivity index (χ0) is 11.8. The maximum Gasteiger partial charge on any atom is 0.127 e. The summed E-state index contributed by atoms with van der Waals surface area (Å²) in [7, 11) is 0. The molecule has 0 saturated carbocycles. The van der Waals surface area contributed by atoms with Gasteiger partial charge in [-0.05, 0) is 23.8 Å². The Hall–Kier alpha value is -1.32. The van der Waals surface area contributed by atoms with Crippen LogP contribution in [0.3, 0.4) is 0 Å². The Morgan fingerprint density at radius 2 is 1.82 bits per heavy atom. The maximum absolute atomic E-state index is 13.7. The van der Waals surface area contributed by atoms with E-state index in [0.29, 0.717) is 12.0 Å². The third kappa shape index (κ3) is 1.85. The lowest BCUT2D eigenvalue weighted by Crippen LogP contribution is -2.02. The Morgan fingerprint density at radius 1 is 1.06 bits per heavy atom. The number of benzene rings is 2. The number of halogens is 1. The van der Waals surface area contributed by atoms with Crippen molar-refractivity contribution in [3.8, 4) is 0 Å². The Labute approximate surface area is 103 Å². The molecule has 17 heavy (non-hydrogen) atoms. The van der Waals surface area contributed by atoms with E-state index in [4.69, 9.17) is 0 Å². The fraction of sp³-hybridized carbons (Fsp3) is 0.143. The third-order valence-corrected chi connectivity index (χ3v) is 4.17. The van der Waals surface area contributed by atoms with Crippen LogP contribution in [0.25, 0.3) is 0 Å². The summed E-state index contributed by atoms with van der Waals surface area (Å²) in [5, 5.41) is 10.1. The van der Waals surface area contributed by atoms with E-state index in [1.165, 1.54) is 17.8 Å². The minimum absolute atomic E-state index is 0.234. The molecule has 3 heteroatoms. The summed E-state index contributed by atoms with van der Waals surface area (Å²) in [6, 6.07) is 12.7. The van der Waals surface area contributed by atoms with Gasteiger partial charge in [0, 0.05) is 21.8 Å². The molecule has 0 aliphatic carbocycles. The Kier molecular flexibility index (Phi) is 2.65. The van der Waals surface area contributed by atoms with Crippen LogP contribution >= 0.6 is 11.8 Å². The second-order valence-corrected chi connectivity index (χ2v) is 5.16. The molecule has 1 atom stereocenters. The standard InChI is InChI=1S/C14H11FOS/c15-11-5-3-7-14-10(11)8-12(16)9-4-1-2-6-13(9)17-14/h1-7,12,16H,8H2. The number of hydrogen-bond acceptors (Lipinski definition) is 2. The molecule has 86 valence electrons. The van der Waals surface area contributed by atoms with Crippen LogP contribution in [0.4, 0.5) is 4.39 Å². The smallest absolute Gasteiger partial charge is 0.127 e. The predicted molar refractivity (Wildman–Crippen MR) is 65.6 cm³/mol. The number of rotatable bonds is 0. The van der Waals surface area contributed by atoms with Gasteiger partial charge in [0.2, 0.25) is 0 Å². The second kappa shape index (κ2) is 4.17. The summed E-state index contributed by atoms with van der Waals surface area (Å²) in [4.78, 5) is 1.90. The van der Waals surface area contributed by atoms with E-state index in [-0.39, 0.29) is 5.82 Å². The van der Waals surface area contributed by atoms with Gasteiger partial charge >= 0.3 is 0 Å². The summed E-state index contributed by atoms with van der Waals surface area (Å²) in [6.45, 7) is 0. The van der Waals surface area contributed by atoms with Gasteiger partial charge in [-0.15, -0.1) is 0 Å². The zero-order valence-electron chi connectivity index (χ0n) is 9.06. The molecule has 1 heterocycles. The molecule has 1 unspecified atom stereocenters. The summed E-state index contributed by atoms with van der Waals surface area (Å²) in [5.74, 6) is -0.234. The van der Waals surface area contributed by atoms with Crippen LogP contribution in [0.15, 0.2) is 52.3 Å². The van der Waals surface area contributed by atoms with E-state index >= 15 is 0 Å². The highest BCUT2D eigenvalue weighted by Gasteiger charge is 2.22. The lowest BCUT2D eigenvalue weighted by atomic mass is 10.0. The molecule has 0 bridgehead atoms. The summed E-state index contributed by atoms with van der Waals surface area (Å²) < 4.78 is 13.7. The summed E-state index contributed by atoms with van der Waals surface area (Å²) in [6.07, 6.45) is -0.289. The molecule has 1 aliphatic heterocycles. The average Bonchev–Trinajstić information content (AvgIpc) is 2.47. The molecule has 2 aromatic rings. The first-order valence-corrected chi connectivity index (χ1v) is 6.29. The molecule has 0 fully saturated rings. The lowest BCUT2D eigenvalue weighted by Gasteiger charge is -2.10. The van der Waals surface area contributed by atoms with Crippen molar-refractivity contribution in [1.82, 2.24) is 0 Å². The molecular weight excluding hydrogens is 235 g/mol. The largest absolute Gasteiger partial charge is 0.388 e. The third-order valence-electron chi connectivity index (χ3n) is 2.97. The van der Waals surface area contributed by atoms with Gasteiger partial charge in [-0.2, -0.15) is 0 Å². The van der Waals surface area contributed by atoms with E-state index in [9.17, 15) is 9.50 Å². The molecule has 0 spiro atoms. The van der Waals surface area contributed by atoms with Gasteiger partial charge in [-0.25, -0.2) is 4.39 Å². The minimum Gasteiger partial charge on any atom is -0.388 e. The summed E-state index contributed by atoms with van der Waals surface area (Å²) >= 11 is 1.52. The van der Waals surface area contributed by atoms with Gasteiger partial charge in [0.1, 0.15) is 5.82 Å².